The van der Waals surface area contributed by atoms with Crippen LogP contribution in [0.5, 0.6) is 0 Å². The summed E-state index contributed by atoms with van der Waals surface area (Å²) >= 11 is 0. The third-order valence-corrected chi connectivity index (χ3v) is 2.26. The minimum absolute atomic E-state index is 0.124. The zero-order valence-corrected chi connectivity index (χ0v) is 9.22. The Hall–Kier alpha value is -1.90. The smallest absolute Gasteiger partial charge is 0.383 e. The van der Waals surface area contributed by atoms with Gasteiger partial charge in [0.1, 0.15) is 5.69 Å². The van der Waals surface area contributed by atoms with Crippen molar-refractivity contribution in [3.63, 3.8) is 0 Å². The monoisotopic (exact) mass is 262 g/mol. The SMILES string of the molecule is Cn1cncc1-c1noc(CC(O)C(F)(F)F)n1. The number of aryl methyl sites for hydroxylation is 1. The van der Waals surface area contributed by atoms with Crippen LogP contribution in [0.4, 0.5) is 13.2 Å². The van der Waals surface area contributed by atoms with E-state index < -0.39 is 18.7 Å². The van der Waals surface area contributed by atoms with E-state index in [1.165, 1.54) is 12.5 Å². The molecule has 0 amide bonds. The number of rotatable bonds is 3. The van der Waals surface area contributed by atoms with Crippen molar-refractivity contribution < 1.29 is 22.8 Å². The number of aromatic nitrogens is 4. The van der Waals surface area contributed by atoms with Crippen molar-refractivity contribution in [2.75, 3.05) is 0 Å². The van der Waals surface area contributed by atoms with E-state index in [-0.39, 0.29) is 11.7 Å². The number of nitrogens with zero attached hydrogens (tertiary/aromatic N) is 4. The standard InChI is InChI=1S/C9H9F3N4O2/c1-16-4-13-3-5(16)8-14-7(18-15-8)2-6(17)9(10,11)12/h3-4,6,17H,2H2,1H3. The molecule has 2 rings (SSSR count). The van der Waals surface area contributed by atoms with Crippen LogP contribution >= 0.6 is 0 Å². The summed E-state index contributed by atoms with van der Waals surface area (Å²) in [6.07, 6.45) is -5.04. The van der Waals surface area contributed by atoms with Gasteiger partial charge in [-0.1, -0.05) is 5.16 Å². The van der Waals surface area contributed by atoms with Gasteiger partial charge in [0.15, 0.2) is 6.10 Å². The first-order valence-corrected chi connectivity index (χ1v) is 4.92. The Balaban J connectivity index is 2.15. The highest BCUT2D eigenvalue weighted by atomic mass is 19.4. The third-order valence-electron chi connectivity index (χ3n) is 2.26. The molecule has 0 aromatic carbocycles. The molecule has 0 radical (unpaired) electrons. The van der Waals surface area contributed by atoms with Crippen molar-refractivity contribution in [1.82, 2.24) is 19.7 Å². The van der Waals surface area contributed by atoms with Crippen LogP contribution in [0, 0.1) is 0 Å². The molecule has 0 aliphatic heterocycles. The summed E-state index contributed by atoms with van der Waals surface area (Å²) in [7, 11) is 1.68. The molecule has 0 saturated carbocycles. The maximum atomic E-state index is 12.1. The topological polar surface area (TPSA) is 77.0 Å². The molecule has 1 atom stereocenters. The highest BCUT2D eigenvalue weighted by Gasteiger charge is 2.39. The Morgan fingerprint density at radius 1 is 1.50 bits per heavy atom. The van der Waals surface area contributed by atoms with Crippen LogP contribution in [0.25, 0.3) is 11.5 Å². The van der Waals surface area contributed by atoms with Crippen LogP contribution < -0.4 is 0 Å². The van der Waals surface area contributed by atoms with Gasteiger partial charge in [0.25, 0.3) is 0 Å². The maximum absolute atomic E-state index is 12.1. The predicted molar refractivity (Wildman–Crippen MR) is 52.3 cm³/mol. The average molecular weight is 262 g/mol. The molecule has 0 saturated heterocycles. The van der Waals surface area contributed by atoms with Crippen molar-refractivity contribution in [3.05, 3.63) is 18.4 Å². The van der Waals surface area contributed by atoms with Gasteiger partial charge in [-0.15, -0.1) is 0 Å². The molecule has 18 heavy (non-hydrogen) atoms. The summed E-state index contributed by atoms with van der Waals surface area (Å²) in [5.74, 6) is -0.157. The van der Waals surface area contributed by atoms with Gasteiger partial charge in [-0.3, -0.25) is 0 Å². The van der Waals surface area contributed by atoms with Gasteiger partial charge in [-0.25, -0.2) is 4.98 Å². The van der Waals surface area contributed by atoms with E-state index in [2.05, 4.69) is 19.6 Å². The lowest BCUT2D eigenvalue weighted by Gasteiger charge is -2.11. The molecule has 0 bridgehead atoms. The lowest BCUT2D eigenvalue weighted by molar-refractivity contribution is -0.204. The van der Waals surface area contributed by atoms with E-state index in [0.717, 1.165) is 0 Å². The summed E-state index contributed by atoms with van der Waals surface area (Å²) in [4.78, 5) is 7.59. The predicted octanol–water partition coefficient (Wildman–Crippen LogP) is 0.936. The first-order valence-electron chi connectivity index (χ1n) is 4.92. The zero-order chi connectivity index (χ0) is 13.3. The van der Waals surface area contributed by atoms with Crippen LogP contribution in [0.3, 0.4) is 0 Å². The van der Waals surface area contributed by atoms with Gasteiger partial charge in [0.2, 0.25) is 11.7 Å². The fraction of sp³-hybridized carbons (Fsp3) is 0.444. The Labute approximate surface area is 99.1 Å². The van der Waals surface area contributed by atoms with Crippen LogP contribution in [-0.2, 0) is 13.5 Å². The van der Waals surface area contributed by atoms with Gasteiger partial charge in [0, 0.05) is 7.05 Å². The van der Waals surface area contributed by atoms with E-state index in [9.17, 15) is 13.2 Å². The largest absolute Gasteiger partial charge is 0.414 e. The van der Waals surface area contributed by atoms with Gasteiger partial charge in [0.05, 0.1) is 18.9 Å². The van der Waals surface area contributed by atoms with Gasteiger partial charge in [-0.05, 0) is 0 Å². The summed E-state index contributed by atoms with van der Waals surface area (Å²) in [5, 5.41) is 12.4. The van der Waals surface area contributed by atoms with Gasteiger partial charge < -0.3 is 14.2 Å². The van der Waals surface area contributed by atoms with Crippen LogP contribution in [0.1, 0.15) is 5.89 Å². The van der Waals surface area contributed by atoms with E-state index in [1.54, 1.807) is 11.6 Å². The van der Waals surface area contributed by atoms with E-state index in [4.69, 9.17) is 5.11 Å². The number of aliphatic hydroxyl groups excluding tert-OH is 1. The molecule has 1 N–H and O–H groups in total. The summed E-state index contributed by atoms with van der Waals surface area (Å²) < 4.78 is 42.6. The molecule has 2 aromatic heterocycles. The molecular weight excluding hydrogens is 253 g/mol. The Morgan fingerprint density at radius 2 is 2.22 bits per heavy atom. The average Bonchev–Trinajstić information content (AvgIpc) is 2.85. The Kier molecular flexibility index (Phi) is 3.07. The van der Waals surface area contributed by atoms with Crippen LogP contribution in [0.15, 0.2) is 17.0 Å². The first-order chi connectivity index (χ1) is 8.38. The second kappa shape index (κ2) is 4.41. The minimum atomic E-state index is -4.71. The van der Waals surface area contributed by atoms with Crippen molar-refractivity contribution in [3.8, 4) is 11.5 Å². The van der Waals surface area contributed by atoms with Crippen molar-refractivity contribution in [2.45, 2.75) is 18.7 Å². The molecular formula is C9H9F3N4O2. The molecule has 1 unspecified atom stereocenters. The highest BCUT2D eigenvalue weighted by Crippen LogP contribution is 2.23. The summed E-state index contributed by atoms with van der Waals surface area (Å²) in [5.41, 5.74) is 0.506. The molecule has 2 aromatic rings. The molecule has 2 heterocycles. The first kappa shape index (κ1) is 12.6. The second-order valence-electron chi connectivity index (χ2n) is 3.66. The Bertz CT molecular complexity index is 534. The molecule has 0 spiro atoms. The number of hydrogen-bond donors (Lipinski definition) is 1. The normalized spacial score (nSPS) is 13.8. The number of halogens is 3. The zero-order valence-electron chi connectivity index (χ0n) is 9.22. The second-order valence-corrected chi connectivity index (χ2v) is 3.66. The molecule has 0 aliphatic carbocycles. The van der Waals surface area contributed by atoms with Crippen LogP contribution in [-0.4, -0.2) is 37.1 Å². The number of alkyl halides is 3. The van der Waals surface area contributed by atoms with Crippen molar-refractivity contribution >= 4 is 0 Å². The number of aliphatic hydroxyl groups is 1. The fourth-order valence-corrected chi connectivity index (χ4v) is 1.30. The van der Waals surface area contributed by atoms with E-state index in [0.29, 0.717) is 5.69 Å². The quantitative estimate of drug-likeness (QED) is 0.890. The summed E-state index contributed by atoms with van der Waals surface area (Å²) in [6.45, 7) is 0. The Morgan fingerprint density at radius 3 is 2.78 bits per heavy atom. The molecule has 9 heteroatoms. The molecule has 0 aliphatic rings. The molecule has 0 fully saturated rings. The van der Waals surface area contributed by atoms with E-state index in [1.807, 2.05) is 0 Å². The fourth-order valence-electron chi connectivity index (χ4n) is 1.30. The van der Waals surface area contributed by atoms with Gasteiger partial charge in [-0.2, -0.15) is 18.2 Å². The molecule has 6 nitrogen and oxygen atoms in total. The van der Waals surface area contributed by atoms with Gasteiger partial charge >= 0.3 is 6.18 Å². The lowest BCUT2D eigenvalue weighted by atomic mass is 10.2. The maximum Gasteiger partial charge on any atom is 0.414 e. The molecule has 98 valence electrons. The van der Waals surface area contributed by atoms with Crippen molar-refractivity contribution in [1.29, 1.82) is 0 Å². The van der Waals surface area contributed by atoms with E-state index >= 15 is 0 Å². The number of imidazole rings is 1. The number of hydrogen-bond acceptors (Lipinski definition) is 5. The van der Waals surface area contributed by atoms with Crippen molar-refractivity contribution in [2.24, 2.45) is 7.05 Å². The lowest BCUT2D eigenvalue weighted by Crippen LogP contribution is -2.30. The minimum Gasteiger partial charge on any atom is -0.383 e. The third kappa shape index (κ3) is 2.50. The summed E-state index contributed by atoms with van der Waals surface area (Å²) in [6, 6.07) is 0. The highest BCUT2D eigenvalue weighted by molar-refractivity contribution is 5.46. The van der Waals surface area contributed by atoms with Crippen LogP contribution in [0.2, 0.25) is 0 Å².